The minimum Gasteiger partial charge on any atom is -0.508 e. The van der Waals surface area contributed by atoms with E-state index in [1.807, 2.05) is 0 Å². The number of benzene rings is 2. The topological polar surface area (TPSA) is 106 Å². The molecule has 2 unspecified atom stereocenters. The van der Waals surface area contributed by atoms with E-state index < -0.39 is 12.0 Å². The first-order valence-corrected chi connectivity index (χ1v) is 10.8. The summed E-state index contributed by atoms with van der Waals surface area (Å²) in [6.45, 7) is 1.17. The molecule has 34 heavy (non-hydrogen) atoms. The first kappa shape index (κ1) is 22.1. The number of anilines is 1. The maximum Gasteiger partial charge on any atom is 0.226 e. The Kier molecular flexibility index (Phi) is 5.78. The second-order valence-corrected chi connectivity index (χ2v) is 8.18. The van der Waals surface area contributed by atoms with E-state index in [2.05, 4.69) is 25.7 Å². The Bertz CT molecular complexity index is 1360. The monoisotopic (exact) mass is 470 g/mol. The lowest BCUT2D eigenvalue weighted by Gasteiger charge is -2.23. The number of methoxy groups -OCH3 is 2. The first-order chi connectivity index (χ1) is 16.5. The van der Waals surface area contributed by atoms with Crippen molar-refractivity contribution in [2.45, 2.75) is 25.1 Å². The average Bonchev–Trinajstić information content (AvgIpc) is 3.29. The molecule has 9 nitrogen and oxygen atoms in total. The van der Waals surface area contributed by atoms with Gasteiger partial charge in [-0.3, -0.25) is 0 Å². The van der Waals surface area contributed by atoms with Crippen molar-refractivity contribution in [1.82, 2.24) is 24.9 Å². The fraction of sp³-hybridized carbons (Fsp3) is 0.348. The van der Waals surface area contributed by atoms with Crippen LogP contribution in [0.1, 0.15) is 23.7 Å². The van der Waals surface area contributed by atoms with Gasteiger partial charge in [0.15, 0.2) is 23.0 Å². The number of rotatable bonds is 6. The molecule has 3 heterocycles. The molecule has 2 aromatic carbocycles. The molecule has 178 valence electrons. The summed E-state index contributed by atoms with van der Waals surface area (Å²) in [5, 5.41) is 21.1. The molecule has 0 aliphatic carbocycles. The Morgan fingerprint density at radius 2 is 1.97 bits per heavy atom. The van der Waals surface area contributed by atoms with Crippen LogP contribution in [-0.2, 0) is 6.54 Å². The number of hydrogen-bond acceptors (Lipinski definition) is 8. The van der Waals surface area contributed by atoms with Crippen molar-refractivity contribution in [2.24, 2.45) is 0 Å². The van der Waals surface area contributed by atoms with Crippen LogP contribution < -0.4 is 20.1 Å². The lowest BCUT2D eigenvalue weighted by atomic mass is 9.98. The molecule has 1 aliphatic rings. The number of nitrogens with one attached hydrogen (secondary N) is 2. The van der Waals surface area contributed by atoms with Crippen LogP contribution in [-0.4, -0.2) is 58.2 Å². The number of phenolic OH excluding ortho intramolecular Hbond substituents is 1. The molecular weight excluding hydrogens is 446 g/mol. The van der Waals surface area contributed by atoms with Crippen molar-refractivity contribution < 1.29 is 23.4 Å². The summed E-state index contributed by atoms with van der Waals surface area (Å²) in [4.78, 5) is 9.29. The molecule has 0 amide bonds. The molecule has 2 aromatic heterocycles. The molecule has 11 heteroatoms. The fourth-order valence-corrected chi connectivity index (χ4v) is 4.21. The van der Waals surface area contributed by atoms with Crippen LogP contribution in [0.15, 0.2) is 30.3 Å². The average molecular weight is 470 g/mol. The van der Waals surface area contributed by atoms with Gasteiger partial charge in [-0.05, 0) is 24.6 Å². The second-order valence-electron chi connectivity index (χ2n) is 8.18. The number of phenols is 1. The van der Waals surface area contributed by atoms with E-state index in [9.17, 15) is 13.9 Å². The lowest BCUT2D eigenvalue weighted by Crippen LogP contribution is -2.36. The van der Waals surface area contributed by atoms with Gasteiger partial charge in [-0.25, -0.2) is 18.7 Å². The molecule has 1 fully saturated rings. The predicted octanol–water partition coefficient (Wildman–Crippen LogP) is 3.17. The number of nitrogens with zero attached hydrogens (tertiary/aromatic N) is 4. The normalized spacial score (nSPS) is 18.4. The Morgan fingerprint density at radius 1 is 1.15 bits per heavy atom. The highest BCUT2D eigenvalue weighted by molar-refractivity contribution is 5.93. The predicted molar refractivity (Wildman–Crippen MR) is 122 cm³/mol. The summed E-state index contributed by atoms with van der Waals surface area (Å²) in [6.07, 6.45) is -0.674. The number of ether oxygens (including phenoxy) is 2. The van der Waals surface area contributed by atoms with Gasteiger partial charge in [0.25, 0.3) is 0 Å². The van der Waals surface area contributed by atoms with Crippen LogP contribution in [0.4, 0.5) is 14.7 Å². The maximum absolute atomic E-state index is 14.5. The highest BCUT2D eigenvalue weighted by Crippen LogP contribution is 2.31. The van der Waals surface area contributed by atoms with Gasteiger partial charge >= 0.3 is 0 Å². The summed E-state index contributed by atoms with van der Waals surface area (Å²) >= 11 is 0. The van der Waals surface area contributed by atoms with E-state index in [0.29, 0.717) is 60.1 Å². The zero-order valence-corrected chi connectivity index (χ0v) is 18.7. The zero-order chi connectivity index (χ0) is 23.8. The van der Waals surface area contributed by atoms with E-state index in [1.165, 1.54) is 36.9 Å². The molecule has 1 aliphatic heterocycles. The van der Waals surface area contributed by atoms with Gasteiger partial charge in [0.1, 0.15) is 17.7 Å². The Balaban J connectivity index is 1.60. The second kappa shape index (κ2) is 8.90. The largest absolute Gasteiger partial charge is 0.508 e. The molecule has 0 radical (unpaired) electrons. The van der Waals surface area contributed by atoms with E-state index in [0.717, 1.165) is 5.56 Å². The number of piperidine rings is 1. The minimum atomic E-state index is -0.985. The summed E-state index contributed by atoms with van der Waals surface area (Å²) in [5.74, 6) is 0.736. The van der Waals surface area contributed by atoms with E-state index in [-0.39, 0.29) is 17.4 Å². The SMILES string of the molecule is COc1cc2nc(NCc3ccc(O)cc3OC)n3nc(C4CNCC(F)C4)nc3c2cc1F. The van der Waals surface area contributed by atoms with Crippen LogP contribution in [0, 0.1) is 5.82 Å². The molecular formula is C23H24F2N6O3. The number of aromatic hydroxyl groups is 1. The smallest absolute Gasteiger partial charge is 0.226 e. The number of fused-ring (bicyclic) bond motifs is 3. The van der Waals surface area contributed by atoms with Gasteiger partial charge in [-0.2, -0.15) is 4.52 Å². The van der Waals surface area contributed by atoms with Gasteiger partial charge in [-0.15, -0.1) is 5.10 Å². The van der Waals surface area contributed by atoms with Gasteiger partial charge in [0.05, 0.1) is 19.7 Å². The number of hydrogen-bond donors (Lipinski definition) is 3. The van der Waals surface area contributed by atoms with Crippen LogP contribution in [0.2, 0.25) is 0 Å². The zero-order valence-electron chi connectivity index (χ0n) is 18.7. The fourth-order valence-electron chi connectivity index (χ4n) is 4.21. The van der Waals surface area contributed by atoms with Crippen LogP contribution in [0.3, 0.4) is 0 Å². The quantitative estimate of drug-likeness (QED) is 0.395. The summed E-state index contributed by atoms with van der Waals surface area (Å²) < 4.78 is 40.5. The summed E-state index contributed by atoms with van der Waals surface area (Å²) in [6, 6.07) is 7.64. The molecule has 0 spiro atoms. The molecule has 1 saturated heterocycles. The van der Waals surface area contributed by atoms with Crippen molar-refractivity contribution in [3.63, 3.8) is 0 Å². The number of alkyl halides is 1. The Labute approximate surface area is 193 Å². The lowest BCUT2D eigenvalue weighted by molar-refractivity contribution is 0.243. The standard InChI is InChI=1S/C23H24F2N6O3/c1-33-19-6-15(32)4-3-12(19)10-27-23-28-18-8-20(34-2)17(25)7-16(18)22-29-21(30-31(22)23)13-5-14(24)11-26-9-13/h3-4,6-8,13-14,26,32H,5,9-11H2,1-2H3,(H,27,28). The summed E-state index contributed by atoms with van der Waals surface area (Å²) in [5.41, 5.74) is 1.65. The van der Waals surface area contributed by atoms with Crippen LogP contribution >= 0.6 is 0 Å². The van der Waals surface area contributed by atoms with E-state index >= 15 is 0 Å². The van der Waals surface area contributed by atoms with Crippen LogP contribution in [0.25, 0.3) is 16.6 Å². The third-order valence-corrected chi connectivity index (χ3v) is 5.93. The highest BCUT2D eigenvalue weighted by atomic mass is 19.1. The van der Waals surface area contributed by atoms with Crippen LogP contribution in [0.5, 0.6) is 17.2 Å². The van der Waals surface area contributed by atoms with Crippen molar-refractivity contribution in [2.75, 3.05) is 32.6 Å². The van der Waals surface area contributed by atoms with Crippen molar-refractivity contribution in [1.29, 1.82) is 0 Å². The third-order valence-electron chi connectivity index (χ3n) is 5.93. The Hall–Kier alpha value is -3.73. The molecule has 2 atom stereocenters. The van der Waals surface area contributed by atoms with Gasteiger partial charge in [0, 0.05) is 48.6 Å². The minimum absolute atomic E-state index is 0.0620. The first-order valence-electron chi connectivity index (χ1n) is 10.8. The number of halogens is 2. The molecule has 0 saturated carbocycles. The van der Waals surface area contributed by atoms with E-state index in [1.54, 1.807) is 12.1 Å². The Morgan fingerprint density at radius 3 is 2.74 bits per heavy atom. The van der Waals surface area contributed by atoms with Gasteiger partial charge in [-0.1, -0.05) is 0 Å². The van der Waals surface area contributed by atoms with Gasteiger partial charge < -0.3 is 25.2 Å². The number of aromatic nitrogens is 4. The molecule has 5 rings (SSSR count). The molecule has 4 aromatic rings. The van der Waals surface area contributed by atoms with Gasteiger partial charge in [0.2, 0.25) is 5.95 Å². The van der Waals surface area contributed by atoms with Crippen molar-refractivity contribution in [3.8, 4) is 17.2 Å². The molecule has 0 bridgehead atoms. The van der Waals surface area contributed by atoms with Crippen molar-refractivity contribution in [3.05, 3.63) is 47.5 Å². The van der Waals surface area contributed by atoms with E-state index in [4.69, 9.17) is 9.47 Å². The van der Waals surface area contributed by atoms with Crippen molar-refractivity contribution >= 4 is 22.5 Å². The maximum atomic E-state index is 14.5. The molecule has 3 N–H and O–H groups in total. The third kappa shape index (κ3) is 4.03. The highest BCUT2D eigenvalue weighted by Gasteiger charge is 2.27. The summed E-state index contributed by atoms with van der Waals surface area (Å²) in [7, 11) is 2.91.